The summed E-state index contributed by atoms with van der Waals surface area (Å²) in [7, 11) is 0. The third kappa shape index (κ3) is 6.78. The van der Waals surface area contributed by atoms with E-state index in [2.05, 4.69) is 27.8 Å². The van der Waals surface area contributed by atoms with Crippen LogP contribution in [-0.4, -0.2) is 18.5 Å². The van der Waals surface area contributed by atoms with Gasteiger partial charge in [-0.25, -0.2) is 0 Å². The lowest BCUT2D eigenvalue weighted by atomic mass is 10.0. The number of carbonyl (C=O) groups excluding carboxylic acids is 1. The fraction of sp³-hybridized carbons (Fsp3) is 0.667. The Kier molecular flexibility index (Phi) is 5.99. The summed E-state index contributed by atoms with van der Waals surface area (Å²) >= 11 is 3.15. The lowest BCUT2D eigenvalue weighted by Crippen LogP contribution is -2.41. The van der Waals surface area contributed by atoms with Gasteiger partial charge in [-0.15, -0.1) is 0 Å². The van der Waals surface area contributed by atoms with Crippen LogP contribution in [0.5, 0.6) is 0 Å². The first-order valence-corrected chi connectivity index (χ1v) is 5.09. The molecule has 0 saturated carbocycles. The van der Waals surface area contributed by atoms with Crippen molar-refractivity contribution < 1.29 is 4.79 Å². The topological polar surface area (TPSA) is 55.1 Å². The van der Waals surface area contributed by atoms with Crippen LogP contribution in [0.3, 0.4) is 0 Å². The predicted molar refractivity (Wildman–Crippen MR) is 58.5 cm³/mol. The van der Waals surface area contributed by atoms with Crippen molar-refractivity contribution in [1.82, 2.24) is 5.32 Å². The Balaban J connectivity index is 3.76. The number of nitrogens with two attached hydrogens (primary N) is 1. The Morgan fingerprint density at radius 2 is 2.15 bits per heavy atom. The molecule has 0 aliphatic heterocycles. The van der Waals surface area contributed by atoms with Gasteiger partial charge in [0.1, 0.15) is 0 Å². The summed E-state index contributed by atoms with van der Waals surface area (Å²) in [6.07, 6.45) is 0.709. The third-order valence-corrected chi connectivity index (χ3v) is 1.80. The zero-order chi connectivity index (χ0) is 10.4. The number of hydrogen-bond donors (Lipinski definition) is 2. The van der Waals surface area contributed by atoms with Crippen LogP contribution in [0.1, 0.15) is 20.3 Å². The van der Waals surface area contributed by atoms with Crippen LogP contribution in [0.4, 0.5) is 0 Å². The number of carbonyl (C=O) groups is 1. The van der Waals surface area contributed by atoms with E-state index in [1.165, 1.54) is 0 Å². The predicted octanol–water partition coefficient (Wildman–Crippen LogP) is 1.38. The van der Waals surface area contributed by atoms with Crippen LogP contribution in [0.15, 0.2) is 11.1 Å². The molecule has 3 N–H and O–H groups in total. The maximum atomic E-state index is 11.3. The van der Waals surface area contributed by atoms with Gasteiger partial charge in [0.2, 0.25) is 5.91 Å². The molecule has 1 amide bonds. The van der Waals surface area contributed by atoms with E-state index in [1.54, 1.807) is 0 Å². The van der Waals surface area contributed by atoms with E-state index in [9.17, 15) is 4.79 Å². The molecule has 13 heavy (non-hydrogen) atoms. The molecule has 0 heterocycles. The van der Waals surface area contributed by atoms with E-state index in [0.717, 1.165) is 4.48 Å². The number of nitrogens with one attached hydrogen (secondary N) is 1. The first-order valence-electron chi connectivity index (χ1n) is 4.30. The maximum Gasteiger partial charge on any atom is 0.237 e. The Morgan fingerprint density at radius 3 is 2.54 bits per heavy atom. The quantitative estimate of drug-likeness (QED) is 0.773. The van der Waals surface area contributed by atoms with Gasteiger partial charge < -0.3 is 11.1 Å². The minimum Gasteiger partial charge on any atom is -0.350 e. The molecule has 0 aliphatic rings. The molecule has 0 rings (SSSR count). The number of halogens is 1. The van der Waals surface area contributed by atoms with Crippen LogP contribution in [0.25, 0.3) is 0 Å². The third-order valence-electron chi connectivity index (χ3n) is 1.52. The summed E-state index contributed by atoms with van der Waals surface area (Å²) in [5.41, 5.74) is 5.65. The SMILES string of the molecule is C=C(Br)CNC(=O)[C@@H](N)CC(C)C. The Morgan fingerprint density at radius 1 is 1.62 bits per heavy atom. The summed E-state index contributed by atoms with van der Waals surface area (Å²) < 4.78 is 0.748. The second-order valence-corrected chi connectivity index (χ2v) is 4.59. The van der Waals surface area contributed by atoms with E-state index in [4.69, 9.17) is 5.73 Å². The molecule has 0 unspecified atom stereocenters. The first kappa shape index (κ1) is 12.7. The number of hydrogen-bond acceptors (Lipinski definition) is 2. The van der Waals surface area contributed by atoms with E-state index in [1.807, 2.05) is 13.8 Å². The van der Waals surface area contributed by atoms with Gasteiger partial charge >= 0.3 is 0 Å². The van der Waals surface area contributed by atoms with Crippen molar-refractivity contribution in [1.29, 1.82) is 0 Å². The molecular formula is C9H17BrN2O. The molecule has 0 spiro atoms. The molecule has 0 aliphatic carbocycles. The molecular weight excluding hydrogens is 232 g/mol. The van der Waals surface area contributed by atoms with Gasteiger partial charge in [-0.1, -0.05) is 36.4 Å². The normalized spacial score (nSPS) is 12.7. The van der Waals surface area contributed by atoms with Crippen molar-refractivity contribution in [2.45, 2.75) is 26.3 Å². The molecule has 76 valence electrons. The van der Waals surface area contributed by atoms with Crippen LogP contribution in [0.2, 0.25) is 0 Å². The summed E-state index contributed by atoms with van der Waals surface area (Å²) in [6.45, 7) is 8.12. The molecule has 0 aromatic carbocycles. The number of amides is 1. The second-order valence-electron chi connectivity index (χ2n) is 3.47. The van der Waals surface area contributed by atoms with Crippen LogP contribution in [0, 0.1) is 5.92 Å². The summed E-state index contributed by atoms with van der Waals surface area (Å²) in [4.78, 5) is 11.3. The van der Waals surface area contributed by atoms with Crippen molar-refractivity contribution in [3.63, 3.8) is 0 Å². The standard InChI is InChI=1S/C9H17BrN2O/c1-6(2)4-8(11)9(13)12-5-7(3)10/h6,8H,3-5,11H2,1-2H3,(H,12,13)/t8-/m0/s1. The van der Waals surface area contributed by atoms with Gasteiger partial charge in [0.25, 0.3) is 0 Å². The molecule has 1 atom stereocenters. The van der Waals surface area contributed by atoms with Crippen molar-refractivity contribution in [3.05, 3.63) is 11.1 Å². The van der Waals surface area contributed by atoms with Crippen molar-refractivity contribution in [2.75, 3.05) is 6.54 Å². The smallest absolute Gasteiger partial charge is 0.237 e. The van der Waals surface area contributed by atoms with Gasteiger partial charge in [0.05, 0.1) is 6.04 Å². The zero-order valence-corrected chi connectivity index (χ0v) is 9.73. The Hall–Kier alpha value is -0.350. The first-order chi connectivity index (χ1) is 5.93. The lowest BCUT2D eigenvalue weighted by Gasteiger charge is -2.13. The Labute approximate surface area is 87.9 Å². The molecule has 0 aromatic rings. The molecule has 0 bridgehead atoms. The fourth-order valence-electron chi connectivity index (χ4n) is 0.929. The van der Waals surface area contributed by atoms with Gasteiger partial charge in [-0.3, -0.25) is 4.79 Å². The zero-order valence-electron chi connectivity index (χ0n) is 8.14. The van der Waals surface area contributed by atoms with Crippen LogP contribution < -0.4 is 11.1 Å². The van der Waals surface area contributed by atoms with Gasteiger partial charge in [-0.2, -0.15) is 0 Å². The van der Waals surface area contributed by atoms with Gasteiger partial charge in [-0.05, 0) is 12.3 Å². The Bertz CT molecular complexity index is 192. The molecule has 4 heteroatoms. The highest BCUT2D eigenvalue weighted by molar-refractivity contribution is 9.11. The maximum absolute atomic E-state index is 11.3. The molecule has 0 saturated heterocycles. The highest BCUT2D eigenvalue weighted by atomic mass is 79.9. The van der Waals surface area contributed by atoms with Crippen molar-refractivity contribution in [2.24, 2.45) is 11.7 Å². The fourth-order valence-corrected chi connectivity index (χ4v) is 1.07. The molecule has 0 aromatic heterocycles. The highest BCUT2D eigenvalue weighted by Crippen LogP contribution is 2.03. The van der Waals surface area contributed by atoms with E-state index >= 15 is 0 Å². The summed E-state index contributed by atoms with van der Waals surface area (Å²) in [5, 5.41) is 2.68. The highest BCUT2D eigenvalue weighted by Gasteiger charge is 2.13. The molecule has 0 radical (unpaired) electrons. The minimum absolute atomic E-state index is 0.116. The van der Waals surface area contributed by atoms with E-state index in [-0.39, 0.29) is 5.91 Å². The second kappa shape index (κ2) is 6.16. The summed E-state index contributed by atoms with van der Waals surface area (Å²) in [5.74, 6) is 0.322. The van der Waals surface area contributed by atoms with Crippen molar-refractivity contribution >= 4 is 21.8 Å². The van der Waals surface area contributed by atoms with E-state index < -0.39 is 6.04 Å². The monoisotopic (exact) mass is 248 g/mol. The number of rotatable bonds is 5. The average molecular weight is 249 g/mol. The van der Waals surface area contributed by atoms with Gasteiger partial charge in [0.15, 0.2) is 0 Å². The lowest BCUT2D eigenvalue weighted by molar-refractivity contribution is -0.122. The largest absolute Gasteiger partial charge is 0.350 e. The van der Waals surface area contributed by atoms with Crippen molar-refractivity contribution in [3.8, 4) is 0 Å². The average Bonchev–Trinajstić information content (AvgIpc) is 1.98. The van der Waals surface area contributed by atoms with Crippen LogP contribution in [-0.2, 0) is 4.79 Å². The molecule has 0 fully saturated rings. The van der Waals surface area contributed by atoms with E-state index in [0.29, 0.717) is 18.9 Å². The minimum atomic E-state index is -0.410. The van der Waals surface area contributed by atoms with Crippen LogP contribution >= 0.6 is 15.9 Å². The molecule has 3 nitrogen and oxygen atoms in total. The summed E-state index contributed by atoms with van der Waals surface area (Å²) in [6, 6.07) is -0.410. The van der Waals surface area contributed by atoms with Gasteiger partial charge in [0, 0.05) is 11.0 Å².